The average molecular weight is 332 g/mol. The maximum absolute atomic E-state index is 13.4. The third kappa shape index (κ3) is 1.92. The van der Waals surface area contributed by atoms with E-state index in [1.54, 1.807) is 0 Å². The Kier molecular flexibility index (Phi) is 3.26. The molecule has 126 valence electrons. The molecular formula is C22H20O3. The highest BCUT2D eigenvalue weighted by Crippen LogP contribution is 2.69. The van der Waals surface area contributed by atoms with Crippen molar-refractivity contribution in [3.8, 4) is 0 Å². The Hall–Kier alpha value is -2.68. The fraction of sp³-hybridized carbons (Fsp3) is 0.273. The third-order valence-electron chi connectivity index (χ3n) is 6.03. The fourth-order valence-corrected chi connectivity index (χ4v) is 4.93. The van der Waals surface area contributed by atoms with Crippen molar-refractivity contribution in [1.29, 1.82) is 0 Å². The first kappa shape index (κ1) is 15.8. The zero-order valence-corrected chi connectivity index (χ0v) is 14.3. The van der Waals surface area contributed by atoms with Crippen LogP contribution in [0.1, 0.15) is 31.4 Å². The number of allylic oxidation sites excluding steroid dienone is 2. The van der Waals surface area contributed by atoms with Crippen molar-refractivity contribution in [2.24, 2.45) is 16.7 Å². The van der Waals surface area contributed by atoms with Gasteiger partial charge in [0.1, 0.15) is 0 Å². The summed E-state index contributed by atoms with van der Waals surface area (Å²) in [5.41, 5.74) is 2.06. The number of fused-ring (bicyclic) bond motifs is 2. The lowest BCUT2D eigenvalue weighted by Gasteiger charge is -2.33. The summed E-state index contributed by atoms with van der Waals surface area (Å²) in [7, 11) is 0. The van der Waals surface area contributed by atoms with Crippen LogP contribution < -0.4 is 0 Å². The maximum Gasteiger partial charge on any atom is 0.307 e. The zero-order valence-electron chi connectivity index (χ0n) is 14.3. The van der Waals surface area contributed by atoms with Gasteiger partial charge in [0.15, 0.2) is 5.78 Å². The van der Waals surface area contributed by atoms with E-state index in [1.165, 1.54) is 0 Å². The van der Waals surface area contributed by atoms with Crippen LogP contribution in [0.25, 0.3) is 11.1 Å². The number of hydrogen-bond acceptors (Lipinski definition) is 2. The summed E-state index contributed by atoms with van der Waals surface area (Å²) in [6.07, 6.45) is 0.359. The van der Waals surface area contributed by atoms with E-state index in [9.17, 15) is 14.7 Å². The van der Waals surface area contributed by atoms with Crippen LogP contribution in [0.15, 0.2) is 60.7 Å². The molecule has 1 saturated carbocycles. The van der Waals surface area contributed by atoms with Gasteiger partial charge in [0.2, 0.25) is 0 Å². The lowest BCUT2D eigenvalue weighted by molar-refractivity contribution is -0.145. The van der Waals surface area contributed by atoms with Crippen LogP contribution in [-0.2, 0) is 9.59 Å². The monoisotopic (exact) mass is 332 g/mol. The van der Waals surface area contributed by atoms with Crippen LogP contribution in [0.4, 0.5) is 0 Å². The minimum Gasteiger partial charge on any atom is -0.481 e. The van der Waals surface area contributed by atoms with Gasteiger partial charge >= 0.3 is 5.97 Å². The largest absolute Gasteiger partial charge is 0.481 e. The van der Waals surface area contributed by atoms with Crippen LogP contribution in [-0.4, -0.2) is 16.9 Å². The SMILES string of the molecule is C[C@]12C[C@H](C(=O)O)[C@@](C)(C1=O)C(c1ccccc1)=C2c1ccccc1. The Morgan fingerprint density at radius 2 is 1.40 bits per heavy atom. The zero-order chi connectivity index (χ0) is 17.8. The van der Waals surface area contributed by atoms with E-state index in [1.807, 2.05) is 74.5 Å². The number of rotatable bonds is 3. The molecule has 1 N–H and O–H groups in total. The predicted octanol–water partition coefficient (Wildman–Crippen LogP) is 4.30. The molecule has 1 fully saturated rings. The predicted molar refractivity (Wildman–Crippen MR) is 96.7 cm³/mol. The molecule has 0 radical (unpaired) electrons. The molecule has 3 atom stereocenters. The molecule has 0 heterocycles. The van der Waals surface area contributed by atoms with E-state index in [-0.39, 0.29) is 5.78 Å². The molecule has 0 aromatic heterocycles. The molecule has 0 saturated heterocycles. The Balaban J connectivity index is 2.08. The second kappa shape index (κ2) is 5.16. The van der Waals surface area contributed by atoms with Gasteiger partial charge in [-0.15, -0.1) is 0 Å². The van der Waals surface area contributed by atoms with Gasteiger partial charge in [-0.05, 0) is 42.5 Å². The third-order valence-corrected chi connectivity index (χ3v) is 6.03. The molecule has 2 aliphatic carbocycles. The Bertz CT molecular complexity index is 897. The summed E-state index contributed by atoms with van der Waals surface area (Å²) in [5, 5.41) is 9.78. The number of carboxylic acid groups (broad SMARTS) is 1. The van der Waals surface area contributed by atoms with Gasteiger partial charge < -0.3 is 5.11 Å². The van der Waals surface area contributed by atoms with Gasteiger partial charge in [-0.25, -0.2) is 0 Å². The molecule has 0 unspecified atom stereocenters. The van der Waals surface area contributed by atoms with Crippen molar-refractivity contribution in [3.05, 3.63) is 71.8 Å². The topological polar surface area (TPSA) is 54.4 Å². The smallest absolute Gasteiger partial charge is 0.307 e. The van der Waals surface area contributed by atoms with E-state index in [0.717, 1.165) is 22.3 Å². The number of hydrogen-bond donors (Lipinski definition) is 1. The van der Waals surface area contributed by atoms with E-state index < -0.39 is 22.7 Å². The van der Waals surface area contributed by atoms with Crippen molar-refractivity contribution < 1.29 is 14.7 Å². The van der Waals surface area contributed by atoms with E-state index in [4.69, 9.17) is 0 Å². The molecule has 2 bridgehead atoms. The van der Waals surface area contributed by atoms with Crippen molar-refractivity contribution >= 4 is 22.9 Å². The van der Waals surface area contributed by atoms with Gasteiger partial charge in [0.25, 0.3) is 0 Å². The number of aliphatic carboxylic acids is 1. The highest BCUT2D eigenvalue weighted by atomic mass is 16.4. The second-order valence-corrected chi connectivity index (χ2v) is 7.44. The Labute approximate surface area is 147 Å². The standard InChI is InChI=1S/C22H20O3/c1-21-13-16(19(23)24)22(2,20(21)25)18(15-11-7-4-8-12-15)17(21)14-9-5-3-6-10-14/h3-12,16H,13H2,1-2H3,(H,23,24)/t16-,21-,22-/m1/s1. The van der Waals surface area contributed by atoms with Gasteiger partial charge in [0.05, 0.1) is 16.7 Å². The maximum atomic E-state index is 13.4. The molecular weight excluding hydrogens is 312 g/mol. The molecule has 4 rings (SSSR count). The van der Waals surface area contributed by atoms with E-state index in [2.05, 4.69) is 0 Å². The van der Waals surface area contributed by atoms with E-state index in [0.29, 0.717) is 6.42 Å². The number of benzene rings is 2. The van der Waals surface area contributed by atoms with Gasteiger partial charge in [-0.1, -0.05) is 60.7 Å². The highest BCUT2D eigenvalue weighted by molar-refractivity contribution is 6.24. The Morgan fingerprint density at radius 1 is 0.920 bits per heavy atom. The molecule has 3 nitrogen and oxygen atoms in total. The van der Waals surface area contributed by atoms with Crippen LogP contribution in [0, 0.1) is 16.7 Å². The summed E-state index contributed by atoms with van der Waals surface area (Å²) in [4.78, 5) is 25.3. The summed E-state index contributed by atoms with van der Waals surface area (Å²) >= 11 is 0. The lowest BCUT2D eigenvalue weighted by Crippen LogP contribution is -2.34. The van der Waals surface area contributed by atoms with Gasteiger partial charge in [-0.2, -0.15) is 0 Å². The molecule has 25 heavy (non-hydrogen) atoms. The van der Waals surface area contributed by atoms with Crippen molar-refractivity contribution in [1.82, 2.24) is 0 Å². The van der Waals surface area contributed by atoms with Crippen LogP contribution >= 0.6 is 0 Å². The minimum atomic E-state index is -0.993. The van der Waals surface area contributed by atoms with Crippen molar-refractivity contribution in [2.75, 3.05) is 0 Å². The van der Waals surface area contributed by atoms with Gasteiger partial charge in [0, 0.05) is 0 Å². The molecule has 2 aromatic rings. The minimum absolute atomic E-state index is 0.0325. The fourth-order valence-electron chi connectivity index (χ4n) is 4.93. The molecule has 2 aromatic carbocycles. The summed E-state index contributed by atoms with van der Waals surface area (Å²) in [6, 6.07) is 19.6. The molecule has 3 heteroatoms. The first-order chi connectivity index (χ1) is 11.9. The van der Waals surface area contributed by atoms with Crippen molar-refractivity contribution in [3.63, 3.8) is 0 Å². The molecule has 2 aliphatic rings. The van der Waals surface area contributed by atoms with Crippen LogP contribution in [0.3, 0.4) is 0 Å². The average Bonchev–Trinajstić information content (AvgIpc) is 2.93. The lowest BCUT2D eigenvalue weighted by atomic mass is 9.67. The number of carbonyl (C=O) groups is 2. The first-order valence-electron chi connectivity index (χ1n) is 8.54. The second-order valence-electron chi connectivity index (χ2n) is 7.44. The first-order valence-corrected chi connectivity index (χ1v) is 8.54. The number of carbonyl (C=O) groups excluding carboxylic acids is 1. The summed E-state index contributed by atoms with van der Waals surface area (Å²) in [6.45, 7) is 3.73. The summed E-state index contributed by atoms with van der Waals surface area (Å²) in [5.74, 6) is -1.54. The number of Topliss-reactive ketones (excluding diaryl/α,β-unsaturated/α-hetero) is 1. The molecule has 0 spiro atoms. The van der Waals surface area contributed by atoms with Crippen LogP contribution in [0.2, 0.25) is 0 Å². The Morgan fingerprint density at radius 3 is 1.88 bits per heavy atom. The highest BCUT2D eigenvalue weighted by Gasteiger charge is 2.68. The van der Waals surface area contributed by atoms with Crippen LogP contribution in [0.5, 0.6) is 0 Å². The number of ketones is 1. The quantitative estimate of drug-likeness (QED) is 0.912. The normalized spacial score (nSPS) is 30.8. The molecule has 0 aliphatic heterocycles. The van der Waals surface area contributed by atoms with Crippen molar-refractivity contribution in [2.45, 2.75) is 20.3 Å². The summed E-state index contributed by atoms with van der Waals surface area (Å²) < 4.78 is 0. The van der Waals surface area contributed by atoms with E-state index >= 15 is 0 Å². The number of carboxylic acids is 1. The molecule has 0 amide bonds. The van der Waals surface area contributed by atoms with Gasteiger partial charge in [-0.3, -0.25) is 9.59 Å².